The van der Waals surface area contributed by atoms with Crippen LogP contribution in [0.25, 0.3) is 0 Å². The lowest BCUT2D eigenvalue weighted by molar-refractivity contribution is 0.370. The SMILES string of the molecule is C#CCOc1ccccc1C=Nc1ccc(C)cc1C. The Hall–Kier alpha value is -2.53. The molecule has 0 atom stereocenters. The first-order valence-corrected chi connectivity index (χ1v) is 6.47. The lowest BCUT2D eigenvalue weighted by Gasteiger charge is -2.06. The maximum atomic E-state index is 5.50. The average Bonchev–Trinajstić information content (AvgIpc) is 2.45. The number of aliphatic imine (C=N–C) groups is 1. The third-order valence-corrected chi connectivity index (χ3v) is 2.93. The Morgan fingerprint density at radius 3 is 2.75 bits per heavy atom. The van der Waals surface area contributed by atoms with E-state index < -0.39 is 0 Å². The van der Waals surface area contributed by atoms with Crippen molar-refractivity contribution >= 4 is 11.9 Å². The van der Waals surface area contributed by atoms with Gasteiger partial charge in [0.25, 0.3) is 0 Å². The zero-order chi connectivity index (χ0) is 14.4. The normalized spacial score (nSPS) is 10.4. The molecular formula is C18H17NO. The minimum absolute atomic E-state index is 0.258. The Morgan fingerprint density at radius 2 is 2.00 bits per heavy atom. The standard InChI is InChI=1S/C18H17NO/c1-4-11-20-18-8-6-5-7-16(18)13-19-17-10-9-14(2)12-15(17)3/h1,5-10,12-13H,11H2,2-3H3. The topological polar surface area (TPSA) is 21.6 Å². The molecule has 2 aromatic rings. The minimum Gasteiger partial charge on any atom is -0.480 e. The number of terminal acetylenes is 1. The van der Waals surface area contributed by atoms with Crippen LogP contribution in [-0.2, 0) is 0 Å². The van der Waals surface area contributed by atoms with Crippen LogP contribution in [0.4, 0.5) is 5.69 Å². The molecule has 0 aliphatic heterocycles. The number of para-hydroxylation sites is 1. The Kier molecular flexibility index (Phi) is 4.57. The first-order valence-electron chi connectivity index (χ1n) is 6.47. The van der Waals surface area contributed by atoms with Gasteiger partial charge in [-0.05, 0) is 37.6 Å². The highest BCUT2D eigenvalue weighted by Crippen LogP contribution is 2.21. The van der Waals surface area contributed by atoms with E-state index in [1.807, 2.05) is 36.5 Å². The van der Waals surface area contributed by atoms with Crippen LogP contribution in [-0.4, -0.2) is 12.8 Å². The largest absolute Gasteiger partial charge is 0.480 e. The van der Waals surface area contributed by atoms with Gasteiger partial charge in [-0.1, -0.05) is 35.7 Å². The highest BCUT2D eigenvalue weighted by molar-refractivity contribution is 5.85. The van der Waals surface area contributed by atoms with Gasteiger partial charge in [0.2, 0.25) is 0 Å². The molecule has 0 N–H and O–H groups in total. The van der Waals surface area contributed by atoms with Crippen molar-refractivity contribution in [3.8, 4) is 18.1 Å². The first kappa shape index (κ1) is 13.9. The van der Waals surface area contributed by atoms with Crippen molar-refractivity contribution in [2.75, 3.05) is 6.61 Å². The van der Waals surface area contributed by atoms with E-state index in [1.54, 1.807) is 0 Å². The van der Waals surface area contributed by atoms with Crippen LogP contribution < -0.4 is 4.74 Å². The van der Waals surface area contributed by atoms with Crippen LogP contribution in [0.2, 0.25) is 0 Å². The summed E-state index contributed by atoms with van der Waals surface area (Å²) in [5.74, 6) is 3.21. The molecule has 2 aromatic carbocycles. The van der Waals surface area contributed by atoms with Crippen molar-refractivity contribution in [1.82, 2.24) is 0 Å². The lowest BCUT2D eigenvalue weighted by atomic mass is 10.1. The van der Waals surface area contributed by atoms with E-state index >= 15 is 0 Å². The smallest absolute Gasteiger partial charge is 0.148 e. The number of aryl methyl sites for hydroxylation is 2. The molecule has 0 saturated carbocycles. The van der Waals surface area contributed by atoms with Crippen LogP contribution in [0, 0.1) is 26.2 Å². The molecule has 20 heavy (non-hydrogen) atoms. The fraction of sp³-hybridized carbons (Fsp3) is 0.167. The van der Waals surface area contributed by atoms with Gasteiger partial charge in [0, 0.05) is 11.8 Å². The predicted molar refractivity (Wildman–Crippen MR) is 83.9 cm³/mol. The summed E-state index contributed by atoms with van der Waals surface area (Å²) >= 11 is 0. The van der Waals surface area contributed by atoms with E-state index in [1.165, 1.54) is 5.56 Å². The van der Waals surface area contributed by atoms with Crippen molar-refractivity contribution in [3.63, 3.8) is 0 Å². The number of benzene rings is 2. The number of ether oxygens (including phenoxy) is 1. The van der Waals surface area contributed by atoms with Crippen molar-refractivity contribution < 1.29 is 4.74 Å². The second kappa shape index (κ2) is 6.58. The van der Waals surface area contributed by atoms with Crippen molar-refractivity contribution in [3.05, 3.63) is 59.2 Å². The average molecular weight is 263 g/mol. The summed E-state index contributed by atoms with van der Waals surface area (Å²) < 4.78 is 5.50. The van der Waals surface area contributed by atoms with Gasteiger partial charge in [0.05, 0.1) is 5.69 Å². The molecule has 0 aliphatic carbocycles. The van der Waals surface area contributed by atoms with E-state index in [9.17, 15) is 0 Å². The van der Waals surface area contributed by atoms with Crippen LogP contribution in [0.3, 0.4) is 0 Å². The maximum Gasteiger partial charge on any atom is 0.148 e. The summed E-state index contributed by atoms with van der Waals surface area (Å²) in [6, 6.07) is 13.9. The molecule has 0 aromatic heterocycles. The summed E-state index contributed by atoms with van der Waals surface area (Å²) in [5.41, 5.74) is 4.27. The lowest BCUT2D eigenvalue weighted by Crippen LogP contribution is -1.97. The Morgan fingerprint density at radius 1 is 1.20 bits per heavy atom. The van der Waals surface area contributed by atoms with Gasteiger partial charge in [0.1, 0.15) is 12.4 Å². The van der Waals surface area contributed by atoms with Gasteiger partial charge in [-0.2, -0.15) is 0 Å². The van der Waals surface area contributed by atoms with Gasteiger partial charge >= 0.3 is 0 Å². The molecule has 0 saturated heterocycles. The van der Waals surface area contributed by atoms with Crippen molar-refractivity contribution in [2.24, 2.45) is 4.99 Å². The van der Waals surface area contributed by atoms with E-state index in [2.05, 4.69) is 36.9 Å². The molecule has 0 aliphatic rings. The summed E-state index contributed by atoms with van der Waals surface area (Å²) in [4.78, 5) is 4.53. The predicted octanol–water partition coefficient (Wildman–Crippen LogP) is 4.07. The maximum absolute atomic E-state index is 5.50. The second-order valence-electron chi connectivity index (χ2n) is 4.58. The summed E-state index contributed by atoms with van der Waals surface area (Å²) in [5, 5.41) is 0. The molecule has 2 nitrogen and oxygen atoms in total. The highest BCUT2D eigenvalue weighted by Gasteiger charge is 2.00. The van der Waals surface area contributed by atoms with Gasteiger partial charge in [-0.15, -0.1) is 6.42 Å². The monoisotopic (exact) mass is 263 g/mol. The summed E-state index contributed by atoms with van der Waals surface area (Å²) in [6.07, 6.45) is 7.03. The highest BCUT2D eigenvalue weighted by atomic mass is 16.5. The molecule has 100 valence electrons. The van der Waals surface area contributed by atoms with Gasteiger partial charge < -0.3 is 4.74 Å². The number of hydrogen-bond acceptors (Lipinski definition) is 2. The van der Waals surface area contributed by atoms with E-state index in [0.717, 1.165) is 22.6 Å². The summed E-state index contributed by atoms with van der Waals surface area (Å²) in [6.45, 7) is 4.39. The van der Waals surface area contributed by atoms with Crippen LogP contribution in [0.15, 0.2) is 47.5 Å². The Balaban J connectivity index is 2.25. The third kappa shape index (κ3) is 3.49. The van der Waals surface area contributed by atoms with Gasteiger partial charge in [0.15, 0.2) is 0 Å². The van der Waals surface area contributed by atoms with Crippen molar-refractivity contribution in [2.45, 2.75) is 13.8 Å². The molecule has 2 heteroatoms. The molecule has 0 amide bonds. The quantitative estimate of drug-likeness (QED) is 0.602. The molecule has 0 heterocycles. The zero-order valence-electron chi connectivity index (χ0n) is 11.8. The molecule has 2 rings (SSSR count). The van der Waals surface area contributed by atoms with Crippen LogP contribution >= 0.6 is 0 Å². The summed E-state index contributed by atoms with van der Waals surface area (Å²) in [7, 11) is 0. The van der Waals surface area contributed by atoms with E-state index in [0.29, 0.717) is 0 Å². The minimum atomic E-state index is 0.258. The van der Waals surface area contributed by atoms with Crippen LogP contribution in [0.1, 0.15) is 16.7 Å². The van der Waals surface area contributed by atoms with Gasteiger partial charge in [-0.25, -0.2) is 0 Å². The van der Waals surface area contributed by atoms with Gasteiger partial charge in [-0.3, -0.25) is 4.99 Å². The van der Waals surface area contributed by atoms with Crippen LogP contribution in [0.5, 0.6) is 5.75 Å². The third-order valence-electron chi connectivity index (χ3n) is 2.93. The van der Waals surface area contributed by atoms with E-state index in [4.69, 9.17) is 11.2 Å². The number of hydrogen-bond donors (Lipinski definition) is 0. The zero-order valence-corrected chi connectivity index (χ0v) is 11.8. The molecule has 0 spiro atoms. The molecule has 0 radical (unpaired) electrons. The molecule has 0 bridgehead atoms. The Labute approximate surface area is 120 Å². The fourth-order valence-electron chi connectivity index (χ4n) is 1.93. The second-order valence-corrected chi connectivity index (χ2v) is 4.58. The number of rotatable bonds is 4. The number of nitrogens with zero attached hydrogens (tertiary/aromatic N) is 1. The molecule has 0 unspecified atom stereocenters. The fourth-order valence-corrected chi connectivity index (χ4v) is 1.93. The molecule has 0 fully saturated rings. The Bertz CT molecular complexity index is 665. The first-order chi connectivity index (χ1) is 9.70. The van der Waals surface area contributed by atoms with E-state index in [-0.39, 0.29) is 6.61 Å². The molecular weight excluding hydrogens is 246 g/mol. The van der Waals surface area contributed by atoms with Crippen molar-refractivity contribution in [1.29, 1.82) is 0 Å².